The van der Waals surface area contributed by atoms with Crippen molar-refractivity contribution < 1.29 is 14.4 Å². The summed E-state index contributed by atoms with van der Waals surface area (Å²) in [6.45, 7) is 1.44. The maximum atomic E-state index is 12.2. The minimum absolute atomic E-state index is 0.0979. The van der Waals surface area contributed by atoms with Gasteiger partial charge in [0.2, 0.25) is 17.7 Å². The molecule has 0 aromatic heterocycles. The minimum Gasteiger partial charge on any atom is -0.350 e. The second kappa shape index (κ2) is 7.65. The van der Waals surface area contributed by atoms with Gasteiger partial charge in [0, 0.05) is 30.4 Å². The summed E-state index contributed by atoms with van der Waals surface area (Å²) >= 11 is 0. The van der Waals surface area contributed by atoms with E-state index >= 15 is 0 Å². The lowest BCUT2D eigenvalue weighted by atomic mass is 9.87. The Morgan fingerprint density at radius 1 is 1.04 bits per heavy atom. The van der Waals surface area contributed by atoms with Crippen LogP contribution in [0.4, 0.5) is 11.4 Å². The summed E-state index contributed by atoms with van der Waals surface area (Å²) in [7, 11) is 0. The third kappa shape index (κ3) is 4.57. The highest BCUT2D eigenvalue weighted by molar-refractivity contribution is 5.96. The molecule has 0 bridgehead atoms. The predicted octanol–water partition coefficient (Wildman–Crippen LogP) is 1.37. The molecule has 25 heavy (non-hydrogen) atoms. The van der Waals surface area contributed by atoms with E-state index in [9.17, 15) is 14.4 Å². The first-order valence-electron chi connectivity index (χ1n) is 8.75. The van der Waals surface area contributed by atoms with Crippen molar-refractivity contribution in [1.29, 1.82) is 0 Å². The second-order valence-corrected chi connectivity index (χ2v) is 6.74. The maximum absolute atomic E-state index is 12.2. The van der Waals surface area contributed by atoms with E-state index in [0.29, 0.717) is 11.4 Å². The Balaban J connectivity index is 1.53. The third-order valence-corrected chi connectivity index (χ3v) is 4.70. The Morgan fingerprint density at radius 3 is 2.28 bits per heavy atom. The number of rotatable bonds is 4. The molecule has 1 aliphatic heterocycles. The van der Waals surface area contributed by atoms with Crippen LogP contribution in [0.5, 0.6) is 0 Å². The number of nitrogens with one attached hydrogen (secondary N) is 4. The molecule has 1 aromatic rings. The van der Waals surface area contributed by atoms with Crippen molar-refractivity contribution in [2.45, 2.75) is 57.2 Å². The van der Waals surface area contributed by atoms with Crippen molar-refractivity contribution in [1.82, 2.24) is 10.6 Å². The van der Waals surface area contributed by atoms with Crippen molar-refractivity contribution in [3.63, 3.8) is 0 Å². The highest BCUT2D eigenvalue weighted by atomic mass is 16.2. The monoisotopic (exact) mass is 344 g/mol. The van der Waals surface area contributed by atoms with Crippen molar-refractivity contribution >= 4 is 29.1 Å². The summed E-state index contributed by atoms with van der Waals surface area (Å²) in [5, 5.41) is 11.8. The first-order valence-corrected chi connectivity index (χ1v) is 8.75. The van der Waals surface area contributed by atoms with Gasteiger partial charge in [0.25, 0.3) is 0 Å². The van der Waals surface area contributed by atoms with E-state index in [1.54, 1.807) is 24.3 Å². The number of benzene rings is 1. The Bertz CT molecular complexity index is 659. The van der Waals surface area contributed by atoms with Crippen LogP contribution in [0.25, 0.3) is 0 Å². The molecule has 134 valence electrons. The highest BCUT2D eigenvalue weighted by Crippen LogP contribution is 2.22. The Kier molecular flexibility index (Phi) is 5.33. The van der Waals surface area contributed by atoms with E-state index in [0.717, 1.165) is 25.7 Å². The van der Waals surface area contributed by atoms with Crippen LogP contribution in [0.3, 0.4) is 0 Å². The molecular formula is C18H24N4O3. The SMILES string of the molecule is CC(=O)Nc1ccc(NC(=O)C[C@@H]2N[C@H]3CCCC[C@H]3NC2=O)cc1. The molecule has 1 saturated heterocycles. The quantitative estimate of drug-likeness (QED) is 0.663. The molecule has 2 fully saturated rings. The molecule has 4 N–H and O–H groups in total. The number of carbonyl (C=O) groups excluding carboxylic acids is 3. The average Bonchev–Trinajstić information content (AvgIpc) is 2.57. The lowest BCUT2D eigenvalue weighted by Crippen LogP contribution is -2.65. The van der Waals surface area contributed by atoms with Gasteiger partial charge in [0.05, 0.1) is 12.5 Å². The zero-order valence-corrected chi connectivity index (χ0v) is 14.3. The zero-order chi connectivity index (χ0) is 17.8. The van der Waals surface area contributed by atoms with Crippen molar-refractivity contribution in [2.24, 2.45) is 0 Å². The molecule has 7 nitrogen and oxygen atoms in total. The number of anilines is 2. The number of carbonyl (C=O) groups is 3. The minimum atomic E-state index is -0.488. The zero-order valence-electron chi connectivity index (χ0n) is 14.3. The Labute approximate surface area is 146 Å². The van der Waals surface area contributed by atoms with Gasteiger partial charge in [0.15, 0.2) is 0 Å². The maximum Gasteiger partial charge on any atom is 0.237 e. The number of hydrogen-bond acceptors (Lipinski definition) is 4. The number of fused-ring (bicyclic) bond motifs is 1. The fourth-order valence-corrected chi connectivity index (χ4v) is 3.51. The van der Waals surface area contributed by atoms with Gasteiger partial charge in [-0.15, -0.1) is 0 Å². The third-order valence-electron chi connectivity index (χ3n) is 4.70. The van der Waals surface area contributed by atoms with E-state index in [4.69, 9.17) is 0 Å². The van der Waals surface area contributed by atoms with E-state index in [1.807, 2.05) is 0 Å². The first-order chi connectivity index (χ1) is 12.0. The van der Waals surface area contributed by atoms with Gasteiger partial charge in [-0.1, -0.05) is 12.8 Å². The number of amides is 3. The average molecular weight is 344 g/mol. The highest BCUT2D eigenvalue weighted by Gasteiger charge is 2.36. The molecule has 0 unspecified atom stereocenters. The van der Waals surface area contributed by atoms with E-state index < -0.39 is 6.04 Å². The second-order valence-electron chi connectivity index (χ2n) is 6.74. The van der Waals surface area contributed by atoms with E-state index in [2.05, 4.69) is 21.3 Å². The van der Waals surface area contributed by atoms with Gasteiger partial charge >= 0.3 is 0 Å². The standard InChI is InChI=1S/C18H24N4O3/c1-11(23)19-12-6-8-13(9-7-12)20-17(24)10-16-18(25)22-15-5-3-2-4-14(15)21-16/h6-9,14-16,21H,2-5,10H2,1H3,(H,19,23)(H,20,24)(H,22,25)/t14-,15+,16-/m0/s1. The van der Waals surface area contributed by atoms with Gasteiger partial charge < -0.3 is 21.3 Å². The van der Waals surface area contributed by atoms with Crippen LogP contribution in [0.1, 0.15) is 39.0 Å². The normalized spacial score (nSPS) is 25.5. The molecule has 1 aromatic carbocycles. The molecule has 3 atom stereocenters. The first kappa shape index (κ1) is 17.4. The van der Waals surface area contributed by atoms with Crippen molar-refractivity contribution in [3.8, 4) is 0 Å². The Hall–Kier alpha value is -2.41. The molecule has 2 aliphatic rings. The summed E-state index contributed by atoms with van der Waals surface area (Å²) in [6, 6.07) is 6.84. The molecule has 0 radical (unpaired) electrons. The fraction of sp³-hybridized carbons (Fsp3) is 0.500. The summed E-state index contributed by atoms with van der Waals surface area (Å²) in [6.07, 6.45) is 4.44. The molecule has 3 amide bonds. The molecule has 1 heterocycles. The lowest BCUT2D eigenvalue weighted by Gasteiger charge is -2.40. The number of hydrogen-bond donors (Lipinski definition) is 4. The van der Waals surface area contributed by atoms with Crippen LogP contribution >= 0.6 is 0 Å². The Morgan fingerprint density at radius 2 is 1.64 bits per heavy atom. The van der Waals surface area contributed by atoms with E-state index in [-0.39, 0.29) is 36.2 Å². The van der Waals surface area contributed by atoms with Gasteiger partial charge in [-0.2, -0.15) is 0 Å². The summed E-state index contributed by atoms with van der Waals surface area (Å²) in [5.41, 5.74) is 1.30. The van der Waals surface area contributed by atoms with Gasteiger partial charge in [-0.05, 0) is 37.1 Å². The fourth-order valence-electron chi connectivity index (χ4n) is 3.51. The molecule has 1 saturated carbocycles. The van der Waals surface area contributed by atoms with Crippen LogP contribution < -0.4 is 21.3 Å². The van der Waals surface area contributed by atoms with Gasteiger partial charge in [-0.3, -0.25) is 14.4 Å². The van der Waals surface area contributed by atoms with Crippen LogP contribution in [0.15, 0.2) is 24.3 Å². The summed E-state index contributed by atoms with van der Waals surface area (Å²) in [4.78, 5) is 35.4. The number of piperazine rings is 1. The van der Waals surface area contributed by atoms with Crippen LogP contribution in [-0.4, -0.2) is 35.8 Å². The summed E-state index contributed by atoms with van der Waals surface area (Å²) in [5.74, 6) is -0.458. The topological polar surface area (TPSA) is 99.3 Å². The lowest BCUT2D eigenvalue weighted by molar-refractivity contribution is -0.129. The molecule has 0 spiro atoms. The molecule has 3 rings (SSSR count). The van der Waals surface area contributed by atoms with Crippen LogP contribution in [0, 0.1) is 0 Å². The largest absolute Gasteiger partial charge is 0.350 e. The molecule has 1 aliphatic carbocycles. The molecule has 7 heteroatoms. The van der Waals surface area contributed by atoms with Gasteiger partial charge in [-0.25, -0.2) is 0 Å². The van der Waals surface area contributed by atoms with Crippen LogP contribution in [0.2, 0.25) is 0 Å². The van der Waals surface area contributed by atoms with Crippen molar-refractivity contribution in [2.75, 3.05) is 10.6 Å². The predicted molar refractivity (Wildman–Crippen MR) is 95.1 cm³/mol. The van der Waals surface area contributed by atoms with Crippen molar-refractivity contribution in [3.05, 3.63) is 24.3 Å². The smallest absolute Gasteiger partial charge is 0.237 e. The van der Waals surface area contributed by atoms with E-state index in [1.165, 1.54) is 6.92 Å². The molecular weight excluding hydrogens is 320 g/mol. The van der Waals surface area contributed by atoms with Crippen LogP contribution in [-0.2, 0) is 14.4 Å². The summed E-state index contributed by atoms with van der Waals surface area (Å²) < 4.78 is 0. The van der Waals surface area contributed by atoms with Gasteiger partial charge in [0.1, 0.15) is 0 Å².